The van der Waals surface area contributed by atoms with Gasteiger partial charge in [-0.25, -0.2) is 0 Å². The maximum absolute atomic E-state index is 5.88. The summed E-state index contributed by atoms with van der Waals surface area (Å²) in [6.45, 7) is 2.84. The van der Waals surface area contributed by atoms with Gasteiger partial charge in [-0.05, 0) is 30.2 Å². The van der Waals surface area contributed by atoms with E-state index in [9.17, 15) is 0 Å². The van der Waals surface area contributed by atoms with Crippen LogP contribution in [0.5, 0.6) is 0 Å². The third-order valence-corrected chi connectivity index (χ3v) is 3.88. The molecule has 0 aliphatic carbocycles. The molecule has 102 valence electrons. The highest BCUT2D eigenvalue weighted by Crippen LogP contribution is 2.18. The Balaban J connectivity index is 2.06. The van der Waals surface area contributed by atoms with E-state index in [4.69, 9.17) is 11.6 Å². The first-order valence-corrected chi connectivity index (χ1v) is 7.18. The van der Waals surface area contributed by atoms with Crippen molar-refractivity contribution in [1.82, 2.24) is 15.0 Å². The standard InChI is InChI=1S/C12H16ClN5S/c1-4-8-5-6-9(19-8)7-14-11-15-10(13)16-12(17-11)18(2)3/h5-6H,4,7H2,1-3H3,(H,14,15,16,17). The molecule has 0 saturated carbocycles. The first-order valence-electron chi connectivity index (χ1n) is 5.99. The highest BCUT2D eigenvalue weighted by molar-refractivity contribution is 7.12. The van der Waals surface area contributed by atoms with Crippen molar-refractivity contribution in [2.75, 3.05) is 24.3 Å². The van der Waals surface area contributed by atoms with Gasteiger partial charge in [0.1, 0.15) is 0 Å². The van der Waals surface area contributed by atoms with Crippen LogP contribution in [0.15, 0.2) is 12.1 Å². The second-order valence-electron chi connectivity index (χ2n) is 4.20. The summed E-state index contributed by atoms with van der Waals surface area (Å²) in [4.78, 5) is 16.8. The van der Waals surface area contributed by atoms with Gasteiger partial charge < -0.3 is 10.2 Å². The fourth-order valence-electron chi connectivity index (χ4n) is 1.49. The van der Waals surface area contributed by atoms with E-state index in [1.54, 1.807) is 16.2 Å². The maximum atomic E-state index is 5.88. The fourth-order valence-corrected chi connectivity index (χ4v) is 2.55. The summed E-state index contributed by atoms with van der Waals surface area (Å²) >= 11 is 7.67. The molecule has 0 aromatic carbocycles. The fraction of sp³-hybridized carbons (Fsp3) is 0.417. The lowest BCUT2D eigenvalue weighted by Gasteiger charge is -2.11. The molecule has 19 heavy (non-hydrogen) atoms. The SMILES string of the molecule is CCc1ccc(CNc2nc(Cl)nc(N(C)C)n2)s1. The van der Waals surface area contributed by atoms with Crippen LogP contribution >= 0.6 is 22.9 Å². The van der Waals surface area contributed by atoms with Crippen molar-refractivity contribution in [3.63, 3.8) is 0 Å². The highest BCUT2D eigenvalue weighted by Gasteiger charge is 2.07. The van der Waals surface area contributed by atoms with E-state index in [1.165, 1.54) is 9.75 Å². The van der Waals surface area contributed by atoms with Gasteiger partial charge in [0.25, 0.3) is 0 Å². The molecule has 2 heterocycles. The summed E-state index contributed by atoms with van der Waals surface area (Å²) in [5.41, 5.74) is 0. The first-order chi connectivity index (χ1) is 9.08. The second kappa shape index (κ2) is 6.16. The molecule has 7 heteroatoms. The van der Waals surface area contributed by atoms with Crippen molar-refractivity contribution in [2.24, 2.45) is 0 Å². The number of hydrogen-bond acceptors (Lipinski definition) is 6. The minimum atomic E-state index is 0.196. The van der Waals surface area contributed by atoms with Gasteiger partial charge in [-0.1, -0.05) is 6.92 Å². The van der Waals surface area contributed by atoms with Gasteiger partial charge in [0.2, 0.25) is 17.2 Å². The minimum absolute atomic E-state index is 0.196. The average Bonchev–Trinajstić information content (AvgIpc) is 2.83. The molecule has 0 amide bonds. The zero-order valence-electron chi connectivity index (χ0n) is 11.1. The monoisotopic (exact) mass is 297 g/mol. The van der Waals surface area contributed by atoms with Gasteiger partial charge in [-0.2, -0.15) is 15.0 Å². The van der Waals surface area contributed by atoms with E-state index in [0.717, 1.165) is 6.42 Å². The Kier molecular flexibility index (Phi) is 4.55. The zero-order chi connectivity index (χ0) is 13.8. The largest absolute Gasteiger partial charge is 0.349 e. The molecule has 0 unspecified atom stereocenters. The quantitative estimate of drug-likeness (QED) is 0.920. The Hall–Kier alpha value is -1.40. The van der Waals surface area contributed by atoms with Crippen LogP contribution in [0.3, 0.4) is 0 Å². The molecule has 0 aliphatic heterocycles. The van der Waals surface area contributed by atoms with E-state index >= 15 is 0 Å². The molecule has 2 aromatic rings. The molecular weight excluding hydrogens is 282 g/mol. The van der Waals surface area contributed by atoms with E-state index in [1.807, 2.05) is 14.1 Å². The van der Waals surface area contributed by atoms with Gasteiger partial charge in [-0.3, -0.25) is 0 Å². The molecule has 2 aromatic heterocycles. The van der Waals surface area contributed by atoms with Crippen molar-refractivity contribution < 1.29 is 0 Å². The minimum Gasteiger partial charge on any atom is -0.349 e. The van der Waals surface area contributed by atoms with Gasteiger partial charge in [0.05, 0.1) is 6.54 Å². The lowest BCUT2D eigenvalue weighted by atomic mass is 10.4. The average molecular weight is 298 g/mol. The van der Waals surface area contributed by atoms with Crippen molar-refractivity contribution >= 4 is 34.8 Å². The van der Waals surface area contributed by atoms with Crippen LogP contribution < -0.4 is 10.2 Å². The van der Waals surface area contributed by atoms with Crippen LogP contribution in [0.2, 0.25) is 5.28 Å². The Morgan fingerprint density at radius 1 is 1.21 bits per heavy atom. The Bertz CT molecular complexity index is 555. The van der Waals surface area contributed by atoms with E-state index in [-0.39, 0.29) is 5.28 Å². The summed E-state index contributed by atoms with van der Waals surface area (Å²) in [5.74, 6) is 1.04. The van der Waals surface area contributed by atoms with Crippen molar-refractivity contribution in [1.29, 1.82) is 0 Å². The predicted octanol–water partition coefficient (Wildman–Crippen LogP) is 2.83. The van der Waals surface area contributed by atoms with E-state index in [2.05, 4.69) is 39.3 Å². The first kappa shape index (κ1) is 14.0. The van der Waals surface area contributed by atoms with Gasteiger partial charge in [0, 0.05) is 23.8 Å². The molecule has 0 spiro atoms. The Morgan fingerprint density at radius 2 is 1.95 bits per heavy atom. The van der Waals surface area contributed by atoms with Crippen LogP contribution in [0, 0.1) is 0 Å². The van der Waals surface area contributed by atoms with E-state index in [0.29, 0.717) is 18.4 Å². The second-order valence-corrected chi connectivity index (χ2v) is 5.79. The van der Waals surface area contributed by atoms with Crippen LogP contribution in [0.1, 0.15) is 16.7 Å². The number of nitrogens with zero attached hydrogens (tertiary/aromatic N) is 4. The zero-order valence-corrected chi connectivity index (χ0v) is 12.7. The maximum Gasteiger partial charge on any atom is 0.230 e. The number of thiophene rings is 1. The molecule has 0 fully saturated rings. The van der Waals surface area contributed by atoms with Crippen molar-refractivity contribution in [2.45, 2.75) is 19.9 Å². The number of aromatic nitrogens is 3. The molecular formula is C12H16ClN5S. The number of rotatable bonds is 5. The topological polar surface area (TPSA) is 53.9 Å². The highest BCUT2D eigenvalue weighted by atomic mass is 35.5. The Morgan fingerprint density at radius 3 is 2.58 bits per heavy atom. The van der Waals surface area contributed by atoms with Crippen LogP contribution in [0.25, 0.3) is 0 Å². The number of anilines is 2. The number of hydrogen-bond donors (Lipinski definition) is 1. The van der Waals surface area contributed by atoms with Crippen molar-refractivity contribution in [3.05, 3.63) is 27.2 Å². The summed E-state index contributed by atoms with van der Waals surface area (Å²) in [6.07, 6.45) is 1.06. The van der Waals surface area contributed by atoms with Crippen LogP contribution in [-0.4, -0.2) is 29.0 Å². The number of halogens is 1. The lowest BCUT2D eigenvalue weighted by molar-refractivity contribution is 0.945. The number of nitrogens with one attached hydrogen (secondary N) is 1. The summed E-state index contributed by atoms with van der Waals surface area (Å²) < 4.78 is 0. The molecule has 5 nitrogen and oxygen atoms in total. The molecule has 0 saturated heterocycles. The summed E-state index contributed by atoms with van der Waals surface area (Å²) in [6, 6.07) is 4.26. The predicted molar refractivity (Wildman–Crippen MR) is 80.2 cm³/mol. The molecule has 0 radical (unpaired) electrons. The van der Waals surface area contributed by atoms with Gasteiger partial charge in [0.15, 0.2) is 0 Å². The molecule has 0 aliphatic rings. The van der Waals surface area contributed by atoms with Crippen molar-refractivity contribution in [3.8, 4) is 0 Å². The van der Waals surface area contributed by atoms with Crippen LogP contribution in [0.4, 0.5) is 11.9 Å². The molecule has 2 rings (SSSR count). The van der Waals surface area contributed by atoms with Crippen LogP contribution in [-0.2, 0) is 13.0 Å². The molecule has 0 atom stereocenters. The van der Waals surface area contributed by atoms with E-state index < -0.39 is 0 Å². The summed E-state index contributed by atoms with van der Waals surface area (Å²) in [7, 11) is 3.73. The number of aryl methyl sites for hydroxylation is 1. The van der Waals surface area contributed by atoms with Gasteiger partial charge >= 0.3 is 0 Å². The van der Waals surface area contributed by atoms with Gasteiger partial charge in [-0.15, -0.1) is 11.3 Å². The third kappa shape index (κ3) is 3.78. The Labute approximate surface area is 121 Å². The molecule has 0 bridgehead atoms. The normalized spacial score (nSPS) is 10.5. The summed E-state index contributed by atoms with van der Waals surface area (Å²) in [5, 5.41) is 3.37. The smallest absolute Gasteiger partial charge is 0.230 e. The third-order valence-electron chi connectivity index (χ3n) is 2.48. The lowest BCUT2D eigenvalue weighted by Crippen LogP contribution is -2.15. The molecule has 1 N–H and O–H groups in total.